The van der Waals surface area contributed by atoms with Crippen LogP contribution in [-0.2, 0) is 4.79 Å². The lowest BCUT2D eigenvalue weighted by Crippen LogP contribution is -2.62. The molecule has 0 heterocycles. The number of rotatable bonds is 7. The zero-order chi connectivity index (χ0) is 20.7. The van der Waals surface area contributed by atoms with Crippen molar-refractivity contribution in [2.75, 3.05) is 12.4 Å². The number of carbonyl (C=O) groups excluding carboxylic acids is 2. The third-order valence-corrected chi connectivity index (χ3v) is 3.40. The Bertz CT molecular complexity index is 921. The molecule has 0 bridgehead atoms. The van der Waals surface area contributed by atoms with Gasteiger partial charge in [-0.25, -0.2) is 0 Å². The van der Waals surface area contributed by atoms with Gasteiger partial charge in [0, 0.05) is 11.3 Å². The van der Waals surface area contributed by atoms with E-state index in [1.54, 1.807) is 24.3 Å². The fraction of sp³-hybridized carbons (Fsp3) is 0.111. The predicted molar refractivity (Wildman–Crippen MR) is 103 cm³/mol. The summed E-state index contributed by atoms with van der Waals surface area (Å²) in [7, 11) is 1.42. The molecule has 7 N–H and O–H groups in total. The third kappa shape index (κ3) is 5.71. The maximum Gasteiger partial charge on any atom is 0.318 e. The van der Waals surface area contributed by atoms with E-state index >= 15 is 0 Å². The molecule has 0 saturated carbocycles. The summed E-state index contributed by atoms with van der Waals surface area (Å²) in [6.45, 7) is 0. The first-order chi connectivity index (χ1) is 13.2. The zero-order valence-corrected chi connectivity index (χ0v) is 14.9. The largest absolute Gasteiger partial charge is 0.493 e. The number of amides is 2. The maximum atomic E-state index is 12.1. The number of nitrogens with one attached hydrogen (secondary N) is 1. The molecule has 0 aliphatic heterocycles. The van der Waals surface area contributed by atoms with Gasteiger partial charge in [0.05, 0.1) is 18.4 Å². The highest BCUT2D eigenvalue weighted by molar-refractivity contribution is 6.07. The Hall–Kier alpha value is -3.60. The number of methoxy groups -OCH3 is 1. The first-order valence-corrected chi connectivity index (χ1v) is 7.93. The summed E-state index contributed by atoms with van der Waals surface area (Å²) in [6.07, 6.45) is 2.74. The minimum atomic E-state index is -1.87. The standard InChI is InChI=1S/C18H19N5O5/c1-27-15-10-11(6-8-14(15)28-18(19,20)21)7-9-16(24)22-13-5-3-2-4-12(13)17(25)23-26/h2-10H,19-21H2,1H3,(H,22,24)/b9-7+. The van der Waals surface area contributed by atoms with Crippen molar-refractivity contribution >= 4 is 23.6 Å². The normalized spacial score (nSPS) is 11.1. The lowest BCUT2D eigenvalue weighted by atomic mass is 10.1. The highest BCUT2D eigenvalue weighted by atomic mass is 16.6. The SMILES string of the molecule is COc1cc(/C=C/C(=O)Nc2ccccc2C(=O)N=O)ccc1OC(N)(N)N. The first-order valence-electron chi connectivity index (χ1n) is 7.93. The van der Waals surface area contributed by atoms with Gasteiger partial charge in [0.25, 0.3) is 5.97 Å². The van der Waals surface area contributed by atoms with Gasteiger partial charge in [0.2, 0.25) is 5.91 Å². The van der Waals surface area contributed by atoms with Crippen LogP contribution in [0.25, 0.3) is 6.08 Å². The molecular weight excluding hydrogens is 366 g/mol. The molecular formula is C18H19N5O5. The number of nitrogens with zero attached hydrogens (tertiary/aromatic N) is 1. The lowest BCUT2D eigenvalue weighted by molar-refractivity contribution is -0.111. The van der Waals surface area contributed by atoms with E-state index in [1.165, 1.54) is 37.5 Å². The Morgan fingerprint density at radius 3 is 2.46 bits per heavy atom. The van der Waals surface area contributed by atoms with E-state index in [0.717, 1.165) is 0 Å². The Morgan fingerprint density at radius 1 is 1.11 bits per heavy atom. The van der Waals surface area contributed by atoms with Crippen molar-refractivity contribution in [3.63, 3.8) is 0 Å². The summed E-state index contributed by atoms with van der Waals surface area (Å²) in [6, 6.07) is 10.8. The van der Waals surface area contributed by atoms with E-state index in [9.17, 15) is 14.5 Å². The molecule has 2 amide bonds. The molecule has 2 rings (SSSR count). The van der Waals surface area contributed by atoms with Gasteiger partial charge in [-0.3, -0.25) is 26.8 Å². The number of nitroso groups, excluding NO2 is 1. The molecule has 0 fully saturated rings. The number of carbonyl (C=O) groups is 2. The van der Waals surface area contributed by atoms with Gasteiger partial charge in [-0.15, -0.1) is 4.91 Å². The van der Waals surface area contributed by atoms with Crippen LogP contribution in [0.4, 0.5) is 5.69 Å². The van der Waals surface area contributed by atoms with Crippen molar-refractivity contribution in [1.82, 2.24) is 0 Å². The van der Waals surface area contributed by atoms with Crippen LogP contribution in [-0.4, -0.2) is 24.9 Å². The van der Waals surface area contributed by atoms with Crippen molar-refractivity contribution in [1.29, 1.82) is 0 Å². The second kappa shape index (κ2) is 8.86. The minimum absolute atomic E-state index is 0.00346. The van der Waals surface area contributed by atoms with Gasteiger partial charge in [-0.2, -0.15) is 0 Å². The van der Waals surface area contributed by atoms with Gasteiger partial charge < -0.3 is 14.8 Å². The summed E-state index contributed by atoms with van der Waals surface area (Å²) < 4.78 is 10.4. The van der Waals surface area contributed by atoms with Gasteiger partial charge in [0.1, 0.15) is 0 Å². The second-order valence-electron chi connectivity index (χ2n) is 5.63. The average molecular weight is 385 g/mol. The quantitative estimate of drug-likeness (QED) is 0.312. The molecule has 146 valence electrons. The molecule has 0 aliphatic carbocycles. The molecule has 0 spiro atoms. The van der Waals surface area contributed by atoms with Crippen molar-refractivity contribution in [2.24, 2.45) is 22.4 Å². The van der Waals surface area contributed by atoms with Crippen LogP contribution in [0.2, 0.25) is 0 Å². The number of para-hydroxylation sites is 1. The Kier molecular flexibility index (Phi) is 6.55. The molecule has 0 radical (unpaired) electrons. The fourth-order valence-electron chi connectivity index (χ4n) is 2.24. The Balaban J connectivity index is 2.15. The van der Waals surface area contributed by atoms with Crippen LogP contribution < -0.4 is 32.0 Å². The molecule has 10 heteroatoms. The number of benzene rings is 2. The monoisotopic (exact) mass is 385 g/mol. The van der Waals surface area contributed by atoms with Crippen molar-refractivity contribution < 1.29 is 19.1 Å². The van der Waals surface area contributed by atoms with Crippen LogP contribution in [0, 0.1) is 4.91 Å². The highest BCUT2D eigenvalue weighted by Crippen LogP contribution is 2.29. The number of nitrogens with two attached hydrogens (primary N) is 3. The molecule has 28 heavy (non-hydrogen) atoms. The van der Waals surface area contributed by atoms with Crippen molar-refractivity contribution in [2.45, 2.75) is 5.97 Å². The summed E-state index contributed by atoms with van der Waals surface area (Å²) in [5, 5.41) is 4.88. The van der Waals surface area contributed by atoms with Crippen LogP contribution in [0.1, 0.15) is 15.9 Å². The molecule has 0 aromatic heterocycles. The molecule has 2 aromatic carbocycles. The van der Waals surface area contributed by atoms with Gasteiger partial charge >= 0.3 is 5.91 Å². The van der Waals surface area contributed by atoms with E-state index in [2.05, 4.69) is 10.5 Å². The van der Waals surface area contributed by atoms with E-state index in [1.807, 2.05) is 0 Å². The van der Waals surface area contributed by atoms with E-state index in [0.29, 0.717) is 11.3 Å². The van der Waals surface area contributed by atoms with Gasteiger partial charge in [-0.05, 0) is 35.9 Å². The summed E-state index contributed by atoms with van der Waals surface area (Å²) in [4.78, 5) is 34.1. The molecule has 2 aromatic rings. The van der Waals surface area contributed by atoms with Crippen LogP contribution in [0.15, 0.2) is 53.7 Å². The van der Waals surface area contributed by atoms with Crippen LogP contribution >= 0.6 is 0 Å². The van der Waals surface area contributed by atoms with Crippen molar-refractivity contribution in [3.8, 4) is 11.5 Å². The summed E-state index contributed by atoms with van der Waals surface area (Å²) in [5.41, 5.74) is 17.0. The number of anilines is 1. The smallest absolute Gasteiger partial charge is 0.318 e. The minimum Gasteiger partial charge on any atom is -0.493 e. The highest BCUT2D eigenvalue weighted by Gasteiger charge is 2.17. The van der Waals surface area contributed by atoms with Crippen LogP contribution in [0.3, 0.4) is 0 Å². The molecule has 0 saturated heterocycles. The lowest BCUT2D eigenvalue weighted by Gasteiger charge is -2.21. The Morgan fingerprint density at radius 2 is 1.82 bits per heavy atom. The average Bonchev–Trinajstić information content (AvgIpc) is 2.65. The van der Waals surface area contributed by atoms with Gasteiger partial charge in [0.15, 0.2) is 11.5 Å². The van der Waals surface area contributed by atoms with Crippen molar-refractivity contribution in [3.05, 3.63) is 64.6 Å². The fourth-order valence-corrected chi connectivity index (χ4v) is 2.24. The third-order valence-electron chi connectivity index (χ3n) is 3.40. The number of ether oxygens (including phenoxy) is 2. The summed E-state index contributed by atoms with van der Waals surface area (Å²) >= 11 is 0. The van der Waals surface area contributed by atoms with Gasteiger partial charge in [-0.1, -0.05) is 18.2 Å². The van der Waals surface area contributed by atoms with Crippen LogP contribution in [0.5, 0.6) is 11.5 Å². The van der Waals surface area contributed by atoms with E-state index < -0.39 is 17.8 Å². The number of hydrogen-bond donors (Lipinski definition) is 4. The second-order valence-corrected chi connectivity index (χ2v) is 5.63. The summed E-state index contributed by atoms with van der Waals surface area (Å²) in [5.74, 6) is -2.83. The molecule has 0 aliphatic rings. The zero-order valence-electron chi connectivity index (χ0n) is 14.9. The van der Waals surface area contributed by atoms with E-state index in [4.69, 9.17) is 26.7 Å². The predicted octanol–water partition coefficient (Wildman–Crippen LogP) is 1.12. The topological polar surface area (TPSA) is 172 Å². The maximum absolute atomic E-state index is 12.1. The first kappa shape index (κ1) is 20.7. The van der Waals surface area contributed by atoms with E-state index in [-0.39, 0.29) is 17.0 Å². The molecule has 0 unspecified atom stereocenters. The molecule has 10 nitrogen and oxygen atoms in total. The molecule has 0 atom stereocenters. The number of hydrogen-bond acceptors (Lipinski definition) is 8. The Labute approximate surface area is 160 Å².